The maximum atomic E-state index is 13.2. The van der Waals surface area contributed by atoms with Gasteiger partial charge in [0.1, 0.15) is 11.9 Å². The summed E-state index contributed by atoms with van der Waals surface area (Å²) in [6.45, 7) is 7.16. The van der Waals surface area contributed by atoms with E-state index in [1.807, 2.05) is 48.5 Å². The number of aromatic nitrogens is 2. The Morgan fingerprint density at radius 1 is 1.17 bits per heavy atom. The van der Waals surface area contributed by atoms with Gasteiger partial charge in [-0.2, -0.15) is 5.10 Å². The molecule has 3 aromatic rings. The number of halogens is 1. The molecule has 0 saturated carbocycles. The van der Waals surface area contributed by atoms with Gasteiger partial charge in [-0.15, -0.1) is 0 Å². The van der Waals surface area contributed by atoms with Crippen LogP contribution in [0.25, 0.3) is 11.0 Å². The number of hydrogen-bond acceptors (Lipinski definition) is 3. The Morgan fingerprint density at radius 3 is 2.60 bits per heavy atom. The zero-order valence-corrected chi connectivity index (χ0v) is 18.9. The quantitative estimate of drug-likeness (QED) is 0.558. The van der Waals surface area contributed by atoms with Crippen LogP contribution in [0.1, 0.15) is 44.1 Å². The summed E-state index contributed by atoms with van der Waals surface area (Å²) in [5.41, 5.74) is 3.83. The molecule has 1 aromatic heterocycles. The van der Waals surface area contributed by atoms with Crippen molar-refractivity contribution >= 4 is 38.6 Å². The predicted octanol–water partition coefficient (Wildman–Crippen LogP) is 3.32. The number of para-hydroxylation sites is 2. The molecule has 4 rings (SSSR count). The summed E-state index contributed by atoms with van der Waals surface area (Å²) in [5.74, 6) is 0.836. The lowest BCUT2D eigenvalue weighted by Crippen LogP contribution is -3.11. The van der Waals surface area contributed by atoms with Gasteiger partial charge in [0, 0.05) is 10.9 Å². The molecule has 0 radical (unpaired) electrons. The molecule has 7 heteroatoms. The van der Waals surface area contributed by atoms with E-state index in [0.29, 0.717) is 12.8 Å². The number of benzene rings is 2. The normalized spacial score (nSPS) is 16.5. The van der Waals surface area contributed by atoms with Crippen molar-refractivity contribution in [3.8, 4) is 0 Å². The number of imidazole rings is 1. The van der Waals surface area contributed by atoms with E-state index in [0.717, 1.165) is 52.2 Å². The Bertz CT molecular complexity index is 1020. The minimum Gasteiger partial charge on any atom is -0.340 e. The van der Waals surface area contributed by atoms with Crippen LogP contribution in [0.4, 0.5) is 0 Å². The number of carbonyl (C=O) groups excluding carboxylic acids is 1. The fourth-order valence-electron chi connectivity index (χ4n) is 3.90. The molecule has 0 bridgehead atoms. The number of quaternary nitrogens is 1. The van der Waals surface area contributed by atoms with Gasteiger partial charge >= 0.3 is 0 Å². The second-order valence-electron chi connectivity index (χ2n) is 7.61. The average Bonchev–Trinajstić information content (AvgIpc) is 3.39. The Hall–Kier alpha value is -2.51. The molecule has 30 heavy (non-hydrogen) atoms. The molecular formula is C23H27BrN5O+. The fraction of sp³-hybridized carbons (Fsp3) is 0.348. The van der Waals surface area contributed by atoms with Gasteiger partial charge in [-0.05, 0) is 43.7 Å². The van der Waals surface area contributed by atoms with Crippen LogP contribution in [0.15, 0.2) is 58.1 Å². The molecular weight excluding hydrogens is 442 g/mol. The Labute approximate surface area is 185 Å². The second-order valence-corrected chi connectivity index (χ2v) is 8.52. The maximum absolute atomic E-state index is 13.2. The molecule has 6 nitrogen and oxygen atoms in total. The number of H-pyrrole nitrogens is 1. The van der Waals surface area contributed by atoms with Gasteiger partial charge < -0.3 is 9.88 Å². The highest BCUT2D eigenvalue weighted by atomic mass is 79.9. The van der Waals surface area contributed by atoms with Gasteiger partial charge in [0.25, 0.3) is 0 Å². The first-order chi connectivity index (χ1) is 14.6. The molecule has 0 saturated heterocycles. The second kappa shape index (κ2) is 9.10. The number of fused-ring (bicyclic) bond motifs is 1. The van der Waals surface area contributed by atoms with Crippen molar-refractivity contribution in [3.05, 3.63) is 64.4 Å². The molecule has 1 aliphatic rings. The first kappa shape index (κ1) is 20.8. The number of hydrogen-bond donors (Lipinski definition) is 2. The Kier molecular flexibility index (Phi) is 6.29. The molecule has 0 spiro atoms. The summed E-state index contributed by atoms with van der Waals surface area (Å²) >= 11 is 3.48. The van der Waals surface area contributed by atoms with Crippen molar-refractivity contribution in [1.82, 2.24) is 15.0 Å². The summed E-state index contributed by atoms with van der Waals surface area (Å²) in [6, 6.07) is 15.8. The average molecular weight is 469 g/mol. The van der Waals surface area contributed by atoms with E-state index in [4.69, 9.17) is 10.1 Å². The molecule has 156 valence electrons. The topological polar surface area (TPSA) is 65.8 Å². The van der Waals surface area contributed by atoms with Crippen molar-refractivity contribution < 1.29 is 9.69 Å². The Balaban J connectivity index is 1.63. The predicted molar refractivity (Wildman–Crippen MR) is 123 cm³/mol. The zero-order valence-electron chi connectivity index (χ0n) is 17.4. The minimum absolute atomic E-state index is 0.0481. The third-order valence-corrected chi connectivity index (χ3v) is 6.29. The number of aromatic amines is 1. The van der Waals surface area contributed by atoms with E-state index in [-0.39, 0.29) is 11.9 Å². The number of nitrogens with zero attached hydrogens (tertiary/aromatic N) is 3. The van der Waals surface area contributed by atoms with E-state index in [1.165, 1.54) is 4.90 Å². The third kappa shape index (κ3) is 4.32. The van der Waals surface area contributed by atoms with Crippen molar-refractivity contribution in [2.75, 3.05) is 19.6 Å². The van der Waals surface area contributed by atoms with Crippen LogP contribution in [0, 0.1) is 0 Å². The standard InChI is InChI=1S/C23H26BrN5O/c1-3-28(4-2)14-13-22(30)29-21(23-25-18-7-5-6-8-19(18)26-23)15-20(27-29)16-9-11-17(24)12-10-16/h5-12,21H,3-4,13-15H2,1-2H3,(H,25,26)/p+1/t21-/m0/s1. The maximum Gasteiger partial charge on any atom is 0.249 e. The lowest BCUT2D eigenvalue weighted by atomic mass is 10.0. The van der Waals surface area contributed by atoms with Crippen LogP contribution in [-0.4, -0.2) is 46.2 Å². The first-order valence-corrected chi connectivity index (χ1v) is 11.3. The van der Waals surface area contributed by atoms with E-state index in [2.05, 4.69) is 34.8 Å². The molecule has 2 N–H and O–H groups in total. The number of rotatable bonds is 7. The number of nitrogens with one attached hydrogen (secondary N) is 2. The summed E-state index contributed by atoms with van der Waals surface area (Å²) in [5, 5.41) is 6.41. The summed E-state index contributed by atoms with van der Waals surface area (Å²) in [4.78, 5) is 22.7. The number of amides is 1. The van der Waals surface area contributed by atoms with Crippen LogP contribution in [0.2, 0.25) is 0 Å². The molecule has 1 atom stereocenters. The van der Waals surface area contributed by atoms with E-state index >= 15 is 0 Å². The van der Waals surface area contributed by atoms with Crippen molar-refractivity contribution in [2.45, 2.75) is 32.7 Å². The molecule has 0 fully saturated rings. The lowest BCUT2D eigenvalue weighted by molar-refractivity contribution is -0.895. The van der Waals surface area contributed by atoms with Gasteiger partial charge in [0.05, 0.1) is 42.8 Å². The highest BCUT2D eigenvalue weighted by Gasteiger charge is 2.35. The van der Waals surface area contributed by atoms with Crippen LogP contribution >= 0.6 is 15.9 Å². The number of carbonyl (C=O) groups is 1. The van der Waals surface area contributed by atoms with Crippen molar-refractivity contribution in [3.63, 3.8) is 0 Å². The van der Waals surface area contributed by atoms with E-state index in [1.54, 1.807) is 5.01 Å². The summed E-state index contributed by atoms with van der Waals surface area (Å²) in [6.07, 6.45) is 1.12. The van der Waals surface area contributed by atoms with Crippen LogP contribution in [0.5, 0.6) is 0 Å². The minimum atomic E-state index is -0.213. The molecule has 2 heterocycles. The van der Waals surface area contributed by atoms with Gasteiger partial charge in [0.2, 0.25) is 5.91 Å². The van der Waals surface area contributed by atoms with E-state index < -0.39 is 0 Å². The fourth-order valence-corrected chi connectivity index (χ4v) is 4.17. The van der Waals surface area contributed by atoms with Gasteiger partial charge in [0.15, 0.2) is 0 Å². The molecule has 1 amide bonds. The highest BCUT2D eigenvalue weighted by Crippen LogP contribution is 2.33. The smallest absolute Gasteiger partial charge is 0.249 e. The van der Waals surface area contributed by atoms with Gasteiger partial charge in [-0.25, -0.2) is 9.99 Å². The number of hydrazone groups is 1. The largest absolute Gasteiger partial charge is 0.340 e. The summed E-state index contributed by atoms with van der Waals surface area (Å²) < 4.78 is 1.02. The summed E-state index contributed by atoms with van der Waals surface area (Å²) in [7, 11) is 0. The van der Waals surface area contributed by atoms with Crippen molar-refractivity contribution in [1.29, 1.82) is 0 Å². The van der Waals surface area contributed by atoms with E-state index in [9.17, 15) is 4.79 Å². The highest BCUT2D eigenvalue weighted by molar-refractivity contribution is 9.10. The van der Waals surface area contributed by atoms with Crippen LogP contribution in [-0.2, 0) is 4.79 Å². The monoisotopic (exact) mass is 468 g/mol. The SMILES string of the molecule is CC[NH+](CC)CCC(=O)N1N=C(c2ccc(Br)cc2)C[C@H]1c1nc2ccccc2[nH]1. The third-order valence-electron chi connectivity index (χ3n) is 5.76. The molecule has 0 aliphatic carbocycles. The molecule has 2 aromatic carbocycles. The molecule has 0 unspecified atom stereocenters. The zero-order chi connectivity index (χ0) is 21.1. The molecule has 1 aliphatic heterocycles. The Morgan fingerprint density at radius 2 is 1.90 bits per heavy atom. The van der Waals surface area contributed by atoms with Gasteiger partial charge in [-0.1, -0.05) is 40.2 Å². The first-order valence-electron chi connectivity index (χ1n) is 10.5. The van der Waals surface area contributed by atoms with Crippen LogP contribution < -0.4 is 4.90 Å². The van der Waals surface area contributed by atoms with Gasteiger partial charge in [-0.3, -0.25) is 4.79 Å². The van der Waals surface area contributed by atoms with Crippen molar-refractivity contribution in [2.24, 2.45) is 5.10 Å². The van der Waals surface area contributed by atoms with Crippen LogP contribution in [0.3, 0.4) is 0 Å². The lowest BCUT2D eigenvalue weighted by Gasteiger charge is -2.21.